The van der Waals surface area contributed by atoms with Gasteiger partial charge in [0.15, 0.2) is 22.3 Å². The summed E-state index contributed by atoms with van der Waals surface area (Å²) in [4.78, 5) is 15.6. The molecular weight excluding hydrogens is 462 g/mol. The molecule has 2 bridgehead atoms. The van der Waals surface area contributed by atoms with E-state index in [9.17, 15) is 4.79 Å². The molecule has 1 amide bonds. The summed E-state index contributed by atoms with van der Waals surface area (Å²) in [6, 6.07) is 12.4. The molecule has 2 aromatic rings. The molecule has 1 fully saturated rings. The smallest absolute Gasteiger partial charge is 0.236 e. The number of hydrogen-bond acceptors (Lipinski definition) is 5. The van der Waals surface area contributed by atoms with Crippen molar-refractivity contribution in [2.45, 2.75) is 32.0 Å². The van der Waals surface area contributed by atoms with Crippen LogP contribution in [-0.4, -0.2) is 48.5 Å². The number of methoxy groups -OCH3 is 1. The van der Waals surface area contributed by atoms with Crippen LogP contribution in [0.5, 0.6) is 11.5 Å². The highest BCUT2D eigenvalue weighted by Gasteiger charge is 2.59. The molecule has 0 spiro atoms. The molecule has 0 aliphatic carbocycles. The fourth-order valence-corrected chi connectivity index (χ4v) is 5.08. The summed E-state index contributed by atoms with van der Waals surface area (Å²) in [5, 5.41) is 7.57. The molecule has 0 unspecified atom stereocenters. The standard InChI is InChI=1S/C24H28ClN3O4S/c1-4-31-18-8-5-7-17-20-19(22(29)26-16-11-9-15(25)10-12-16)24(2,32-21(17)18)28(23(33)27-20)13-6-14-30-3/h5,7-12,19-20H,4,6,13-14H2,1-3H3,(H,26,29)(H,27,33)/t19-,20-,24-/m0/s1. The zero-order valence-electron chi connectivity index (χ0n) is 18.9. The maximum Gasteiger partial charge on any atom is 0.236 e. The monoisotopic (exact) mass is 489 g/mol. The first kappa shape index (κ1) is 23.6. The largest absolute Gasteiger partial charge is 0.490 e. The van der Waals surface area contributed by atoms with Crippen LogP contribution >= 0.6 is 23.8 Å². The summed E-state index contributed by atoms with van der Waals surface area (Å²) in [7, 11) is 1.66. The van der Waals surface area contributed by atoms with E-state index in [-0.39, 0.29) is 11.9 Å². The number of benzene rings is 2. The van der Waals surface area contributed by atoms with Crippen LogP contribution in [-0.2, 0) is 9.53 Å². The summed E-state index contributed by atoms with van der Waals surface area (Å²) >= 11 is 11.7. The summed E-state index contributed by atoms with van der Waals surface area (Å²) in [6.45, 7) is 5.49. The Morgan fingerprint density at radius 2 is 2.06 bits per heavy atom. The molecule has 9 heteroatoms. The Kier molecular flexibility index (Phi) is 6.97. The van der Waals surface area contributed by atoms with E-state index in [0.717, 1.165) is 12.0 Å². The first-order chi connectivity index (χ1) is 15.9. The summed E-state index contributed by atoms with van der Waals surface area (Å²) in [5.41, 5.74) is 0.472. The molecule has 0 saturated carbocycles. The number of para-hydroxylation sites is 1. The number of halogens is 1. The molecule has 3 atom stereocenters. The van der Waals surface area contributed by atoms with Gasteiger partial charge in [-0.25, -0.2) is 0 Å². The number of fused-ring (bicyclic) bond motifs is 4. The van der Waals surface area contributed by atoms with Gasteiger partial charge in [-0.2, -0.15) is 0 Å². The van der Waals surface area contributed by atoms with Crippen LogP contribution in [0.25, 0.3) is 0 Å². The van der Waals surface area contributed by atoms with Crippen LogP contribution in [0.15, 0.2) is 42.5 Å². The number of carbonyl (C=O) groups excluding carboxylic acids is 1. The van der Waals surface area contributed by atoms with E-state index in [2.05, 4.69) is 10.6 Å². The van der Waals surface area contributed by atoms with Crippen molar-refractivity contribution in [3.63, 3.8) is 0 Å². The Bertz CT molecular complexity index is 1030. The van der Waals surface area contributed by atoms with Crippen molar-refractivity contribution >= 4 is 40.5 Å². The number of amides is 1. The third-order valence-corrected chi connectivity index (χ3v) is 6.64. The molecule has 7 nitrogen and oxygen atoms in total. The van der Waals surface area contributed by atoms with Gasteiger partial charge in [-0.1, -0.05) is 23.7 Å². The molecule has 2 aliphatic rings. The lowest BCUT2D eigenvalue weighted by Crippen LogP contribution is -2.71. The van der Waals surface area contributed by atoms with Crippen molar-refractivity contribution in [1.82, 2.24) is 10.2 Å². The van der Waals surface area contributed by atoms with Gasteiger partial charge >= 0.3 is 0 Å². The molecule has 33 heavy (non-hydrogen) atoms. The predicted octanol–water partition coefficient (Wildman–Crippen LogP) is 4.37. The zero-order chi connectivity index (χ0) is 23.6. The van der Waals surface area contributed by atoms with E-state index < -0.39 is 11.6 Å². The van der Waals surface area contributed by atoms with E-state index in [0.29, 0.717) is 47.1 Å². The maximum absolute atomic E-state index is 13.7. The van der Waals surface area contributed by atoms with Gasteiger partial charge in [0.05, 0.1) is 12.6 Å². The molecule has 0 radical (unpaired) electrons. The van der Waals surface area contributed by atoms with Gasteiger partial charge in [0.25, 0.3) is 0 Å². The Morgan fingerprint density at radius 3 is 2.76 bits per heavy atom. The highest BCUT2D eigenvalue weighted by molar-refractivity contribution is 7.80. The average Bonchev–Trinajstić information content (AvgIpc) is 2.78. The second-order valence-corrected chi connectivity index (χ2v) is 8.99. The molecule has 176 valence electrons. The van der Waals surface area contributed by atoms with E-state index >= 15 is 0 Å². The van der Waals surface area contributed by atoms with Crippen LogP contribution in [0.2, 0.25) is 5.02 Å². The Labute approximate surface area is 204 Å². The molecule has 2 N–H and O–H groups in total. The molecule has 4 rings (SSSR count). The minimum absolute atomic E-state index is 0.177. The molecule has 2 heterocycles. The molecule has 1 saturated heterocycles. The van der Waals surface area contributed by atoms with E-state index in [1.54, 1.807) is 31.4 Å². The van der Waals surface area contributed by atoms with Crippen LogP contribution in [0.1, 0.15) is 31.9 Å². The second-order valence-electron chi connectivity index (χ2n) is 8.16. The van der Waals surface area contributed by atoms with Crippen LogP contribution in [0.4, 0.5) is 5.69 Å². The van der Waals surface area contributed by atoms with Gasteiger partial charge in [-0.05, 0) is 62.8 Å². The summed E-state index contributed by atoms with van der Waals surface area (Å²) in [5.74, 6) is 0.513. The lowest BCUT2D eigenvalue weighted by molar-refractivity contribution is -0.150. The SMILES string of the molecule is CCOc1cccc2c1O[C@@]1(C)[C@H](C(=O)Nc3ccc(Cl)cc3)[C@H]2NC(=S)N1CCCOC. The topological polar surface area (TPSA) is 72.1 Å². The highest BCUT2D eigenvalue weighted by Crippen LogP contribution is 2.51. The van der Waals surface area contributed by atoms with Gasteiger partial charge in [0.2, 0.25) is 5.91 Å². The molecular formula is C24H28ClN3O4S. The number of nitrogens with one attached hydrogen (secondary N) is 2. The van der Waals surface area contributed by atoms with Crippen molar-refractivity contribution in [2.24, 2.45) is 5.92 Å². The lowest BCUT2D eigenvalue weighted by atomic mass is 9.78. The quantitative estimate of drug-likeness (QED) is 0.421. The Balaban J connectivity index is 1.75. The maximum atomic E-state index is 13.7. The number of ether oxygens (including phenoxy) is 3. The highest BCUT2D eigenvalue weighted by atomic mass is 35.5. The number of hydrogen-bond donors (Lipinski definition) is 2. The number of thiocarbonyl (C=S) groups is 1. The minimum Gasteiger partial charge on any atom is -0.490 e. The Hall–Kier alpha value is -2.55. The van der Waals surface area contributed by atoms with Crippen LogP contribution in [0, 0.1) is 5.92 Å². The molecule has 0 aromatic heterocycles. The van der Waals surface area contributed by atoms with Gasteiger partial charge in [-0.15, -0.1) is 0 Å². The van der Waals surface area contributed by atoms with Crippen molar-refractivity contribution < 1.29 is 19.0 Å². The molecule has 2 aliphatic heterocycles. The fraction of sp³-hybridized carbons (Fsp3) is 0.417. The fourth-order valence-electron chi connectivity index (χ4n) is 4.55. The second kappa shape index (κ2) is 9.75. The van der Waals surface area contributed by atoms with E-state index in [4.69, 9.17) is 38.0 Å². The number of carbonyl (C=O) groups is 1. The molecule has 2 aromatic carbocycles. The van der Waals surface area contributed by atoms with Crippen LogP contribution < -0.4 is 20.1 Å². The Morgan fingerprint density at radius 1 is 1.30 bits per heavy atom. The van der Waals surface area contributed by atoms with Crippen molar-refractivity contribution in [3.05, 3.63) is 53.1 Å². The lowest BCUT2D eigenvalue weighted by Gasteiger charge is -2.56. The van der Waals surface area contributed by atoms with Crippen molar-refractivity contribution in [2.75, 3.05) is 32.2 Å². The van der Waals surface area contributed by atoms with Crippen LogP contribution in [0.3, 0.4) is 0 Å². The average molecular weight is 490 g/mol. The first-order valence-electron chi connectivity index (χ1n) is 11.0. The first-order valence-corrected chi connectivity index (χ1v) is 11.8. The van der Waals surface area contributed by atoms with E-state index in [1.807, 2.05) is 36.9 Å². The van der Waals surface area contributed by atoms with Gasteiger partial charge in [0, 0.05) is 36.5 Å². The number of anilines is 1. The van der Waals surface area contributed by atoms with Gasteiger partial charge in [-0.3, -0.25) is 4.79 Å². The van der Waals surface area contributed by atoms with E-state index in [1.165, 1.54) is 0 Å². The minimum atomic E-state index is -1.03. The third-order valence-electron chi connectivity index (χ3n) is 6.05. The predicted molar refractivity (Wildman–Crippen MR) is 132 cm³/mol. The third kappa shape index (κ3) is 4.47. The van der Waals surface area contributed by atoms with Gasteiger partial charge < -0.3 is 29.7 Å². The zero-order valence-corrected chi connectivity index (χ0v) is 20.5. The number of nitrogens with zero attached hydrogens (tertiary/aromatic N) is 1. The van der Waals surface area contributed by atoms with Gasteiger partial charge in [0.1, 0.15) is 5.92 Å². The normalized spacial score (nSPS) is 23.3. The van der Waals surface area contributed by atoms with Crippen molar-refractivity contribution in [3.8, 4) is 11.5 Å². The summed E-state index contributed by atoms with van der Waals surface area (Å²) < 4.78 is 17.7. The summed E-state index contributed by atoms with van der Waals surface area (Å²) in [6.07, 6.45) is 0.730. The number of rotatable bonds is 8. The van der Waals surface area contributed by atoms with Crippen molar-refractivity contribution in [1.29, 1.82) is 0 Å².